The van der Waals surface area contributed by atoms with Crippen LogP contribution >= 0.6 is 0 Å². The second kappa shape index (κ2) is 7.82. The van der Waals surface area contributed by atoms with Crippen LogP contribution in [-0.4, -0.2) is 63.4 Å². The van der Waals surface area contributed by atoms with Crippen LogP contribution in [0.25, 0.3) is 0 Å². The van der Waals surface area contributed by atoms with E-state index < -0.39 is 5.60 Å². The first kappa shape index (κ1) is 18.9. The highest BCUT2D eigenvalue weighted by molar-refractivity contribution is 5.94. The molecule has 7 heteroatoms. The monoisotopic (exact) mass is 370 g/mol. The van der Waals surface area contributed by atoms with Crippen molar-refractivity contribution < 1.29 is 14.3 Å². The minimum Gasteiger partial charge on any atom is -0.444 e. The molecule has 7 nitrogen and oxygen atoms in total. The molecule has 1 saturated heterocycles. The molecule has 2 heterocycles. The van der Waals surface area contributed by atoms with Gasteiger partial charge in [-0.05, 0) is 44.5 Å². The Balaban J connectivity index is 1.54. The zero-order chi connectivity index (χ0) is 19.4. The minimum absolute atomic E-state index is 0.00974. The fourth-order valence-corrected chi connectivity index (χ4v) is 2.93. The Bertz CT molecular complexity index is 771. The van der Waals surface area contributed by atoms with Crippen molar-refractivity contribution in [3.8, 4) is 0 Å². The van der Waals surface area contributed by atoms with Crippen LogP contribution in [0.1, 0.15) is 36.7 Å². The minimum atomic E-state index is -0.512. The van der Waals surface area contributed by atoms with Crippen LogP contribution in [0.4, 0.5) is 4.79 Å². The van der Waals surface area contributed by atoms with Gasteiger partial charge in [-0.3, -0.25) is 9.48 Å². The van der Waals surface area contributed by atoms with Gasteiger partial charge in [0.15, 0.2) is 0 Å². The van der Waals surface area contributed by atoms with Crippen molar-refractivity contribution >= 4 is 12.0 Å². The van der Waals surface area contributed by atoms with Gasteiger partial charge in [0.05, 0.1) is 6.54 Å². The fraction of sp³-hybridized carbons (Fsp3) is 0.450. The summed E-state index contributed by atoms with van der Waals surface area (Å²) in [4.78, 5) is 28.3. The van der Waals surface area contributed by atoms with Gasteiger partial charge in [0, 0.05) is 44.1 Å². The maximum absolute atomic E-state index is 12.7. The Kier molecular flexibility index (Phi) is 5.48. The lowest BCUT2D eigenvalue weighted by Gasteiger charge is -2.35. The molecule has 1 aliphatic heterocycles. The summed E-state index contributed by atoms with van der Waals surface area (Å²) in [5.41, 5.74) is 1.23. The van der Waals surface area contributed by atoms with E-state index in [1.165, 1.54) is 0 Å². The molecule has 0 N–H and O–H groups in total. The molecule has 0 spiro atoms. The van der Waals surface area contributed by atoms with Crippen LogP contribution in [-0.2, 0) is 11.3 Å². The summed E-state index contributed by atoms with van der Waals surface area (Å²) in [6, 6.07) is 9.48. The van der Waals surface area contributed by atoms with E-state index >= 15 is 0 Å². The zero-order valence-corrected chi connectivity index (χ0v) is 16.1. The lowest BCUT2D eigenvalue weighted by atomic mass is 10.1. The number of rotatable bonds is 3. The number of carbonyl (C=O) groups is 2. The molecular formula is C20H26N4O3. The normalized spacial score (nSPS) is 14.9. The van der Waals surface area contributed by atoms with Gasteiger partial charge < -0.3 is 14.5 Å². The molecule has 0 unspecified atom stereocenters. The van der Waals surface area contributed by atoms with Gasteiger partial charge in [-0.25, -0.2) is 4.79 Å². The largest absolute Gasteiger partial charge is 0.444 e. The molecule has 2 aromatic rings. The van der Waals surface area contributed by atoms with E-state index in [2.05, 4.69) is 5.10 Å². The lowest BCUT2D eigenvalue weighted by molar-refractivity contribution is 0.0141. The molecule has 0 bridgehead atoms. The molecule has 2 amide bonds. The average Bonchev–Trinajstić information content (AvgIpc) is 3.13. The molecule has 144 valence electrons. The predicted molar refractivity (Wildman–Crippen MR) is 101 cm³/mol. The topological polar surface area (TPSA) is 67.7 Å². The number of carbonyl (C=O) groups excluding carboxylic acids is 2. The van der Waals surface area contributed by atoms with Gasteiger partial charge >= 0.3 is 6.09 Å². The third-order valence-electron chi connectivity index (χ3n) is 4.32. The van der Waals surface area contributed by atoms with Crippen molar-refractivity contribution in [3.63, 3.8) is 0 Å². The third kappa shape index (κ3) is 5.09. The van der Waals surface area contributed by atoms with Crippen LogP contribution in [0.3, 0.4) is 0 Å². The molecular weight excluding hydrogens is 344 g/mol. The quantitative estimate of drug-likeness (QED) is 0.833. The molecule has 0 radical (unpaired) electrons. The predicted octanol–water partition coefficient (Wildman–Crippen LogP) is 2.62. The van der Waals surface area contributed by atoms with Crippen molar-refractivity contribution in [3.05, 3.63) is 53.9 Å². The summed E-state index contributed by atoms with van der Waals surface area (Å²) < 4.78 is 7.23. The molecule has 0 atom stereocenters. The number of benzene rings is 1. The zero-order valence-electron chi connectivity index (χ0n) is 16.1. The van der Waals surface area contributed by atoms with Crippen molar-refractivity contribution in [2.45, 2.75) is 32.9 Å². The SMILES string of the molecule is CC(C)(C)OC(=O)N1CCN(C(=O)c2ccc(Cn3cccn3)cc2)CC1. The van der Waals surface area contributed by atoms with E-state index in [4.69, 9.17) is 4.74 Å². The number of piperazine rings is 1. The summed E-state index contributed by atoms with van der Waals surface area (Å²) in [7, 11) is 0. The highest BCUT2D eigenvalue weighted by Gasteiger charge is 2.28. The summed E-state index contributed by atoms with van der Waals surface area (Å²) in [5.74, 6) is -0.00974. The van der Waals surface area contributed by atoms with Gasteiger partial charge in [0.1, 0.15) is 5.60 Å². The maximum atomic E-state index is 12.7. The molecule has 0 aliphatic carbocycles. The van der Waals surface area contributed by atoms with Crippen molar-refractivity contribution in [2.24, 2.45) is 0 Å². The van der Waals surface area contributed by atoms with Crippen LogP contribution in [0.5, 0.6) is 0 Å². The summed E-state index contributed by atoms with van der Waals surface area (Å²) in [6.07, 6.45) is 3.33. The first-order valence-electron chi connectivity index (χ1n) is 9.15. The Labute approximate surface area is 159 Å². The molecule has 1 fully saturated rings. The van der Waals surface area contributed by atoms with Gasteiger partial charge in [-0.15, -0.1) is 0 Å². The lowest BCUT2D eigenvalue weighted by Crippen LogP contribution is -2.51. The van der Waals surface area contributed by atoms with E-state index in [1.54, 1.807) is 16.0 Å². The first-order valence-corrected chi connectivity index (χ1v) is 9.15. The molecule has 27 heavy (non-hydrogen) atoms. The molecule has 3 rings (SSSR count). The number of hydrogen-bond donors (Lipinski definition) is 0. The van der Waals surface area contributed by atoms with Crippen LogP contribution < -0.4 is 0 Å². The van der Waals surface area contributed by atoms with E-state index in [9.17, 15) is 9.59 Å². The highest BCUT2D eigenvalue weighted by atomic mass is 16.6. The second-order valence-corrected chi connectivity index (χ2v) is 7.66. The van der Waals surface area contributed by atoms with Crippen molar-refractivity contribution in [1.29, 1.82) is 0 Å². The van der Waals surface area contributed by atoms with Crippen molar-refractivity contribution in [1.82, 2.24) is 19.6 Å². The van der Waals surface area contributed by atoms with E-state index in [-0.39, 0.29) is 12.0 Å². The molecule has 1 aliphatic rings. The average molecular weight is 370 g/mol. The van der Waals surface area contributed by atoms with Gasteiger partial charge in [-0.1, -0.05) is 12.1 Å². The van der Waals surface area contributed by atoms with Crippen LogP contribution in [0.15, 0.2) is 42.7 Å². The Hall–Kier alpha value is -2.83. The number of amides is 2. The van der Waals surface area contributed by atoms with E-state index in [0.29, 0.717) is 38.3 Å². The number of aromatic nitrogens is 2. The number of nitrogens with zero attached hydrogens (tertiary/aromatic N) is 4. The highest BCUT2D eigenvalue weighted by Crippen LogP contribution is 2.14. The molecule has 1 aromatic carbocycles. The maximum Gasteiger partial charge on any atom is 0.410 e. The van der Waals surface area contributed by atoms with Crippen molar-refractivity contribution in [2.75, 3.05) is 26.2 Å². The summed E-state index contributed by atoms with van der Waals surface area (Å²) in [6.45, 7) is 8.20. The standard InChI is InChI=1S/C20H26N4O3/c1-20(2,3)27-19(26)23-13-11-22(12-14-23)18(25)17-7-5-16(6-8-17)15-24-10-4-9-21-24/h4-10H,11-15H2,1-3H3. The fourth-order valence-electron chi connectivity index (χ4n) is 2.93. The van der Waals surface area contributed by atoms with E-state index in [0.717, 1.165) is 5.56 Å². The second-order valence-electron chi connectivity index (χ2n) is 7.66. The van der Waals surface area contributed by atoms with E-state index in [1.807, 2.05) is 62.0 Å². The Morgan fingerprint density at radius 2 is 1.67 bits per heavy atom. The van der Waals surface area contributed by atoms with Crippen LogP contribution in [0.2, 0.25) is 0 Å². The van der Waals surface area contributed by atoms with Gasteiger partial charge in [0.25, 0.3) is 5.91 Å². The Morgan fingerprint density at radius 1 is 1.04 bits per heavy atom. The molecule has 1 aromatic heterocycles. The van der Waals surface area contributed by atoms with Crippen LogP contribution in [0, 0.1) is 0 Å². The van der Waals surface area contributed by atoms with Gasteiger partial charge in [-0.2, -0.15) is 5.10 Å². The summed E-state index contributed by atoms with van der Waals surface area (Å²) in [5, 5.41) is 4.18. The molecule has 0 saturated carbocycles. The third-order valence-corrected chi connectivity index (χ3v) is 4.32. The number of ether oxygens (including phenoxy) is 1. The Morgan fingerprint density at radius 3 is 2.22 bits per heavy atom. The smallest absolute Gasteiger partial charge is 0.410 e. The number of hydrogen-bond acceptors (Lipinski definition) is 4. The van der Waals surface area contributed by atoms with Gasteiger partial charge in [0.2, 0.25) is 0 Å². The summed E-state index contributed by atoms with van der Waals surface area (Å²) >= 11 is 0. The first-order chi connectivity index (χ1) is 12.8.